The molecule has 1 aliphatic heterocycles. The van der Waals surface area contributed by atoms with E-state index in [1.165, 1.54) is 0 Å². The summed E-state index contributed by atoms with van der Waals surface area (Å²) in [5.74, 6) is -0.316. The Hall–Kier alpha value is -1.63. The number of morpholine rings is 1. The third kappa shape index (κ3) is 4.43. The molecule has 0 spiro atoms. The van der Waals surface area contributed by atoms with Gasteiger partial charge >= 0.3 is 0 Å². The Balaban J connectivity index is 0.00000242. The summed E-state index contributed by atoms with van der Waals surface area (Å²) in [6.07, 6.45) is 0. The van der Waals surface area contributed by atoms with E-state index in [9.17, 15) is 9.59 Å². The average Bonchev–Trinajstić information content (AvgIpc) is 2.49. The minimum atomic E-state index is -0.594. The molecule has 0 aliphatic carbocycles. The molecular weight excluding hydrogens is 306 g/mol. The van der Waals surface area contributed by atoms with E-state index in [4.69, 9.17) is 10.5 Å². The van der Waals surface area contributed by atoms with Gasteiger partial charge in [-0.1, -0.05) is 6.07 Å². The Morgan fingerprint density at radius 3 is 2.55 bits per heavy atom. The van der Waals surface area contributed by atoms with Gasteiger partial charge in [0.05, 0.1) is 19.3 Å². The number of rotatable bonds is 3. The van der Waals surface area contributed by atoms with E-state index in [2.05, 4.69) is 5.32 Å². The number of nitrogens with two attached hydrogens (primary N) is 1. The molecule has 0 bridgehead atoms. The van der Waals surface area contributed by atoms with Crippen molar-refractivity contribution < 1.29 is 14.3 Å². The number of nitrogens with zero attached hydrogens (tertiary/aromatic N) is 1. The lowest BCUT2D eigenvalue weighted by atomic mass is 10.1. The summed E-state index contributed by atoms with van der Waals surface area (Å²) >= 11 is 0. The van der Waals surface area contributed by atoms with Gasteiger partial charge in [-0.25, -0.2) is 0 Å². The van der Waals surface area contributed by atoms with Crippen LogP contribution in [0.4, 0.5) is 5.69 Å². The van der Waals surface area contributed by atoms with Gasteiger partial charge in [-0.3, -0.25) is 9.59 Å². The van der Waals surface area contributed by atoms with Gasteiger partial charge in [-0.2, -0.15) is 0 Å². The normalized spacial score (nSPS) is 15.7. The highest BCUT2D eigenvalue weighted by atomic mass is 35.5. The van der Waals surface area contributed by atoms with E-state index in [1.54, 1.807) is 24.0 Å². The van der Waals surface area contributed by atoms with Crippen LogP contribution < -0.4 is 11.1 Å². The second kappa shape index (κ2) is 8.12. The molecule has 122 valence electrons. The molecule has 0 saturated carbocycles. The monoisotopic (exact) mass is 327 g/mol. The standard InChI is InChI=1S/C15H21N3O3.ClH/c1-10-3-4-12(9-13(10)17-14(19)11(2)16)15(20)18-5-7-21-8-6-18;/h3-4,9,11H,5-8,16H2,1-2H3,(H,17,19);1H/t11-;/m0./s1. The topological polar surface area (TPSA) is 84.7 Å². The molecule has 1 aromatic carbocycles. The molecule has 1 fully saturated rings. The fourth-order valence-corrected chi connectivity index (χ4v) is 2.09. The third-order valence-electron chi connectivity index (χ3n) is 3.45. The van der Waals surface area contributed by atoms with Crippen molar-refractivity contribution in [2.45, 2.75) is 19.9 Å². The highest BCUT2D eigenvalue weighted by Gasteiger charge is 2.19. The van der Waals surface area contributed by atoms with Gasteiger partial charge in [-0.05, 0) is 31.5 Å². The molecule has 6 nitrogen and oxygen atoms in total. The second-order valence-corrected chi connectivity index (χ2v) is 5.21. The molecule has 1 heterocycles. The number of aryl methyl sites for hydroxylation is 1. The van der Waals surface area contributed by atoms with Crippen LogP contribution in [0.15, 0.2) is 18.2 Å². The lowest BCUT2D eigenvalue weighted by Crippen LogP contribution is -2.40. The Labute approximate surface area is 136 Å². The first-order chi connectivity index (χ1) is 9.99. The number of halogens is 1. The van der Waals surface area contributed by atoms with E-state index >= 15 is 0 Å². The van der Waals surface area contributed by atoms with Crippen LogP contribution in [0.1, 0.15) is 22.8 Å². The van der Waals surface area contributed by atoms with Gasteiger partial charge in [-0.15, -0.1) is 12.4 Å². The molecule has 1 atom stereocenters. The van der Waals surface area contributed by atoms with Crippen molar-refractivity contribution in [3.05, 3.63) is 29.3 Å². The second-order valence-electron chi connectivity index (χ2n) is 5.21. The molecule has 22 heavy (non-hydrogen) atoms. The van der Waals surface area contributed by atoms with Crippen LogP contribution in [0.5, 0.6) is 0 Å². The SMILES string of the molecule is Cc1ccc(C(=O)N2CCOCC2)cc1NC(=O)[C@H](C)N.Cl. The zero-order valence-corrected chi connectivity index (χ0v) is 13.6. The maximum absolute atomic E-state index is 12.4. The number of carbonyl (C=O) groups excluding carboxylic acids is 2. The van der Waals surface area contributed by atoms with Gasteiger partial charge in [0.1, 0.15) is 0 Å². The number of nitrogens with one attached hydrogen (secondary N) is 1. The van der Waals surface area contributed by atoms with Gasteiger partial charge in [0, 0.05) is 24.3 Å². The smallest absolute Gasteiger partial charge is 0.254 e. The Kier molecular flexibility index (Phi) is 6.80. The van der Waals surface area contributed by atoms with Crippen molar-refractivity contribution in [1.82, 2.24) is 4.90 Å². The van der Waals surface area contributed by atoms with Gasteiger partial charge in [0.2, 0.25) is 5.91 Å². The molecule has 2 rings (SSSR count). The van der Waals surface area contributed by atoms with E-state index < -0.39 is 6.04 Å². The fourth-order valence-electron chi connectivity index (χ4n) is 2.09. The Morgan fingerprint density at radius 1 is 1.32 bits per heavy atom. The summed E-state index contributed by atoms with van der Waals surface area (Å²) < 4.78 is 5.24. The number of ether oxygens (including phenoxy) is 1. The summed E-state index contributed by atoms with van der Waals surface area (Å²) in [5.41, 5.74) is 7.62. The van der Waals surface area contributed by atoms with Crippen LogP contribution in [-0.4, -0.2) is 49.1 Å². The lowest BCUT2D eigenvalue weighted by molar-refractivity contribution is -0.117. The van der Waals surface area contributed by atoms with Crippen molar-refractivity contribution in [3.63, 3.8) is 0 Å². The predicted molar refractivity (Wildman–Crippen MR) is 87.4 cm³/mol. The summed E-state index contributed by atoms with van der Waals surface area (Å²) in [4.78, 5) is 25.9. The average molecular weight is 328 g/mol. The summed E-state index contributed by atoms with van der Waals surface area (Å²) in [6.45, 7) is 5.80. The van der Waals surface area contributed by atoms with Crippen LogP contribution in [0.2, 0.25) is 0 Å². The van der Waals surface area contributed by atoms with Gasteiger partial charge < -0.3 is 20.7 Å². The van der Waals surface area contributed by atoms with E-state index in [1.807, 2.05) is 13.0 Å². The molecule has 0 radical (unpaired) electrons. The third-order valence-corrected chi connectivity index (χ3v) is 3.45. The maximum atomic E-state index is 12.4. The first kappa shape index (κ1) is 18.4. The zero-order valence-electron chi connectivity index (χ0n) is 12.8. The molecule has 7 heteroatoms. The summed E-state index contributed by atoms with van der Waals surface area (Å²) in [7, 11) is 0. The first-order valence-electron chi connectivity index (χ1n) is 7.03. The summed E-state index contributed by atoms with van der Waals surface area (Å²) in [6, 6.07) is 4.70. The zero-order chi connectivity index (χ0) is 15.4. The highest BCUT2D eigenvalue weighted by Crippen LogP contribution is 2.19. The number of hydrogen-bond acceptors (Lipinski definition) is 4. The van der Waals surface area contributed by atoms with Crippen molar-refractivity contribution in [2.75, 3.05) is 31.6 Å². The Bertz CT molecular complexity index is 543. The molecular formula is C15H22ClN3O3. The molecule has 3 N–H and O–H groups in total. The molecule has 1 aromatic rings. The minimum absolute atomic E-state index is 0. The number of carbonyl (C=O) groups is 2. The molecule has 0 unspecified atom stereocenters. The minimum Gasteiger partial charge on any atom is -0.378 e. The maximum Gasteiger partial charge on any atom is 0.254 e. The highest BCUT2D eigenvalue weighted by molar-refractivity contribution is 5.99. The van der Waals surface area contributed by atoms with Crippen LogP contribution in [0.25, 0.3) is 0 Å². The van der Waals surface area contributed by atoms with Crippen LogP contribution in [-0.2, 0) is 9.53 Å². The van der Waals surface area contributed by atoms with E-state index in [0.29, 0.717) is 37.6 Å². The van der Waals surface area contributed by atoms with Crippen molar-refractivity contribution in [1.29, 1.82) is 0 Å². The molecule has 0 aromatic heterocycles. The van der Waals surface area contributed by atoms with Crippen molar-refractivity contribution >= 4 is 29.9 Å². The Morgan fingerprint density at radius 2 is 1.95 bits per heavy atom. The van der Waals surface area contributed by atoms with Crippen molar-refractivity contribution in [3.8, 4) is 0 Å². The number of benzene rings is 1. The van der Waals surface area contributed by atoms with Gasteiger partial charge in [0.15, 0.2) is 0 Å². The lowest BCUT2D eigenvalue weighted by Gasteiger charge is -2.27. The fraction of sp³-hybridized carbons (Fsp3) is 0.467. The summed E-state index contributed by atoms with van der Waals surface area (Å²) in [5, 5.41) is 2.75. The molecule has 1 saturated heterocycles. The van der Waals surface area contributed by atoms with Crippen LogP contribution in [0.3, 0.4) is 0 Å². The number of hydrogen-bond donors (Lipinski definition) is 2. The van der Waals surface area contributed by atoms with Crippen molar-refractivity contribution in [2.24, 2.45) is 5.73 Å². The number of anilines is 1. The predicted octanol–water partition coefficient (Wildman–Crippen LogP) is 1.17. The van der Waals surface area contributed by atoms with Crippen LogP contribution in [0, 0.1) is 6.92 Å². The largest absolute Gasteiger partial charge is 0.378 e. The quantitative estimate of drug-likeness (QED) is 0.873. The van der Waals surface area contributed by atoms with Crippen LogP contribution >= 0.6 is 12.4 Å². The van der Waals surface area contributed by atoms with E-state index in [0.717, 1.165) is 5.56 Å². The number of amides is 2. The van der Waals surface area contributed by atoms with E-state index in [-0.39, 0.29) is 24.2 Å². The molecule has 2 amide bonds. The van der Waals surface area contributed by atoms with Gasteiger partial charge in [0.25, 0.3) is 5.91 Å². The first-order valence-corrected chi connectivity index (χ1v) is 7.03. The molecule has 1 aliphatic rings.